The molecule has 5 aliphatic carbocycles. The maximum absolute atomic E-state index is 5.23. The molecule has 0 N–H and O–H groups in total. The summed E-state index contributed by atoms with van der Waals surface area (Å²) in [6, 6.07) is 0. The Balaban J connectivity index is 1.44. The molecule has 0 radical (unpaired) electrons. The Morgan fingerprint density at radius 3 is 2.50 bits per heavy atom. The van der Waals surface area contributed by atoms with Gasteiger partial charge in [0.2, 0.25) is 0 Å². The summed E-state index contributed by atoms with van der Waals surface area (Å²) in [6.45, 7) is 0. The lowest BCUT2D eigenvalue weighted by atomic mass is 9.49. The van der Waals surface area contributed by atoms with Crippen molar-refractivity contribution in [3.8, 4) is 0 Å². The van der Waals surface area contributed by atoms with Crippen molar-refractivity contribution in [1.29, 1.82) is 0 Å². The molecule has 4 bridgehead atoms. The van der Waals surface area contributed by atoms with Crippen LogP contribution in [-0.2, 0) is 18.3 Å². The first kappa shape index (κ1) is 14.6. The van der Waals surface area contributed by atoms with Crippen LogP contribution in [0.3, 0.4) is 0 Å². The third kappa shape index (κ3) is 1.83. The Kier molecular flexibility index (Phi) is 2.72. The van der Waals surface area contributed by atoms with Crippen LogP contribution in [0.4, 0.5) is 0 Å². The van der Waals surface area contributed by atoms with Gasteiger partial charge in [-0.3, -0.25) is 0 Å². The first-order chi connectivity index (χ1) is 12.8. The number of hydrogen-bond donors (Lipinski definition) is 0. The summed E-state index contributed by atoms with van der Waals surface area (Å²) in [6.07, 6.45) is 15.3. The van der Waals surface area contributed by atoms with Crippen LogP contribution in [0, 0.1) is 17.8 Å². The number of hydrogen-bond acceptors (Lipinski definition) is 4. The van der Waals surface area contributed by atoms with Crippen LogP contribution in [0.25, 0.3) is 15.9 Å². The normalized spacial score (nSPS) is 35.5. The Labute approximate surface area is 157 Å². The van der Waals surface area contributed by atoms with Crippen molar-refractivity contribution in [2.75, 3.05) is 0 Å². The minimum absolute atomic E-state index is 0.267. The number of fused-ring (bicyclic) bond motifs is 5. The number of aryl methyl sites for hydroxylation is 2. The number of thiophene rings is 1. The van der Waals surface area contributed by atoms with E-state index in [4.69, 9.17) is 15.1 Å². The lowest BCUT2D eigenvalue weighted by molar-refractivity contribution is -0.00926. The molecule has 0 spiro atoms. The summed E-state index contributed by atoms with van der Waals surface area (Å²) >= 11 is 1.89. The zero-order valence-corrected chi connectivity index (χ0v) is 15.9. The summed E-state index contributed by atoms with van der Waals surface area (Å²) in [5.41, 5.74) is 2.88. The molecule has 3 aromatic heterocycles. The summed E-state index contributed by atoms with van der Waals surface area (Å²) in [5.74, 6) is 3.93. The molecule has 134 valence electrons. The van der Waals surface area contributed by atoms with Crippen molar-refractivity contribution < 1.29 is 0 Å². The van der Waals surface area contributed by atoms with Gasteiger partial charge < -0.3 is 0 Å². The third-order valence-corrected chi connectivity index (χ3v) is 9.00. The fourth-order valence-corrected chi connectivity index (χ4v) is 8.39. The number of nitrogens with zero attached hydrogens (tertiary/aromatic N) is 4. The fraction of sp³-hybridized carbons (Fsp3) is 0.667. The molecule has 4 fully saturated rings. The van der Waals surface area contributed by atoms with Gasteiger partial charge in [0.1, 0.15) is 11.2 Å². The van der Waals surface area contributed by atoms with Gasteiger partial charge in [0.05, 0.1) is 5.39 Å². The molecule has 0 amide bonds. The van der Waals surface area contributed by atoms with E-state index in [0.717, 1.165) is 29.2 Å². The SMILES string of the molecule is c1nc2sc3c(c2c2nc(C45CC6CC(CC(C6)C4)C5)nn12)CCCC3. The van der Waals surface area contributed by atoms with E-state index in [1.54, 1.807) is 4.88 Å². The Morgan fingerprint density at radius 1 is 1.00 bits per heavy atom. The van der Waals surface area contributed by atoms with E-state index in [0.29, 0.717) is 0 Å². The van der Waals surface area contributed by atoms with E-state index in [9.17, 15) is 0 Å². The van der Waals surface area contributed by atoms with E-state index < -0.39 is 0 Å². The van der Waals surface area contributed by atoms with Gasteiger partial charge in [-0.1, -0.05) is 0 Å². The van der Waals surface area contributed by atoms with Crippen molar-refractivity contribution in [3.63, 3.8) is 0 Å². The molecule has 0 atom stereocenters. The van der Waals surface area contributed by atoms with Crippen molar-refractivity contribution >= 4 is 27.2 Å². The second-order valence-corrected chi connectivity index (χ2v) is 10.6. The maximum Gasteiger partial charge on any atom is 0.167 e. The summed E-state index contributed by atoms with van der Waals surface area (Å²) in [5, 5.41) is 6.34. The molecule has 0 aromatic carbocycles. The largest absolute Gasteiger partial charge is 0.225 e. The zero-order valence-electron chi connectivity index (χ0n) is 15.1. The zero-order chi connectivity index (χ0) is 16.9. The lowest BCUT2D eigenvalue weighted by Gasteiger charge is -2.55. The molecule has 8 rings (SSSR count). The minimum Gasteiger partial charge on any atom is -0.225 e. The Hall–Kier alpha value is -1.49. The number of rotatable bonds is 1. The highest BCUT2D eigenvalue weighted by Crippen LogP contribution is 2.60. The van der Waals surface area contributed by atoms with E-state index in [-0.39, 0.29) is 5.41 Å². The molecule has 0 saturated heterocycles. The predicted octanol–water partition coefficient (Wildman–Crippen LogP) is 4.69. The third-order valence-electron chi connectivity index (χ3n) is 7.80. The molecule has 4 saturated carbocycles. The molecule has 0 aliphatic heterocycles. The first-order valence-electron chi connectivity index (χ1n) is 10.4. The predicted molar refractivity (Wildman–Crippen MR) is 103 cm³/mol. The molecule has 3 aromatic rings. The molecular weight excluding hydrogens is 340 g/mol. The van der Waals surface area contributed by atoms with Crippen LogP contribution >= 0.6 is 11.3 Å². The lowest BCUT2D eigenvalue weighted by Crippen LogP contribution is -2.49. The van der Waals surface area contributed by atoms with Crippen LogP contribution in [0.1, 0.15) is 67.6 Å². The summed E-state index contributed by atoms with van der Waals surface area (Å²) < 4.78 is 2.00. The molecule has 5 heteroatoms. The van der Waals surface area contributed by atoms with E-state index >= 15 is 0 Å². The van der Waals surface area contributed by atoms with Crippen molar-refractivity contribution in [2.24, 2.45) is 17.8 Å². The average Bonchev–Trinajstić information content (AvgIpc) is 3.21. The minimum atomic E-state index is 0.267. The van der Waals surface area contributed by atoms with Crippen molar-refractivity contribution in [3.05, 3.63) is 22.6 Å². The van der Waals surface area contributed by atoms with E-state index in [2.05, 4.69) is 0 Å². The fourth-order valence-electron chi connectivity index (χ4n) is 7.16. The standard InChI is InChI=1S/C21H24N4S/c1-2-4-16-15(3-1)17-18-23-20(24-25(18)11-22-19(17)26-16)21-8-12-5-13(9-21)7-14(6-12)10-21/h11-14H,1-10H2. The van der Waals surface area contributed by atoms with Gasteiger partial charge >= 0.3 is 0 Å². The van der Waals surface area contributed by atoms with E-state index in [1.165, 1.54) is 80.0 Å². The maximum atomic E-state index is 5.23. The van der Waals surface area contributed by atoms with Gasteiger partial charge in [-0.15, -0.1) is 16.4 Å². The topological polar surface area (TPSA) is 43.1 Å². The molecule has 3 heterocycles. The molecule has 4 nitrogen and oxygen atoms in total. The second kappa shape index (κ2) is 4.86. The summed E-state index contributed by atoms with van der Waals surface area (Å²) in [4.78, 5) is 12.7. The highest BCUT2D eigenvalue weighted by Gasteiger charge is 2.53. The van der Waals surface area contributed by atoms with Crippen LogP contribution in [0.5, 0.6) is 0 Å². The average molecular weight is 365 g/mol. The highest BCUT2D eigenvalue weighted by molar-refractivity contribution is 7.19. The Bertz CT molecular complexity index is 1010. The van der Waals surface area contributed by atoms with Gasteiger partial charge in [0.25, 0.3) is 0 Å². The highest BCUT2D eigenvalue weighted by atomic mass is 32.1. The smallest absolute Gasteiger partial charge is 0.167 e. The van der Waals surface area contributed by atoms with Gasteiger partial charge in [0, 0.05) is 10.3 Å². The van der Waals surface area contributed by atoms with Gasteiger partial charge in [0.15, 0.2) is 11.5 Å². The van der Waals surface area contributed by atoms with Gasteiger partial charge in [-0.05, 0) is 87.5 Å². The molecule has 26 heavy (non-hydrogen) atoms. The van der Waals surface area contributed by atoms with Crippen molar-refractivity contribution in [1.82, 2.24) is 19.6 Å². The second-order valence-electron chi connectivity index (χ2n) is 9.54. The Morgan fingerprint density at radius 2 is 1.73 bits per heavy atom. The van der Waals surface area contributed by atoms with Crippen LogP contribution in [0.2, 0.25) is 0 Å². The quantitative estimate of drug-likeness (QED) is 0.629. The van der Waals surface area contributed by atoms with Crippen LogP contribution in [-0.4, -0.2) is 19.6 Å². The van der Waals surface area contributed by atoms with Crippen LogP contribution < -0.4 is 0 Å². The van der Waals surface area contributed by atoms with Crippen LogP contribution in [0.15, 0.2) is 6.33 Å². The van der Waals surface area contributed by atoms with Crippen molar-refractivity contribution in [2.45, 2.75) is 69.6 Å². The van der Waals surface area contributed by atoms with Gasteiger partial charge in [-0.25, -0.2) is 14.5 Å². The monoisotopic (exact) mass is 364 g/mol. The number of aromatic nitrogens is 4. The molecular formula is C21H24N4S. The molecule has 5 aliphatic rings. The molecule has 0 unspecified atom stereocenters. The van der Waals surface area contributed by atoms with Gasteiger partial charge in [-0.2, -0.15) is 0 Å². The van der Waals surface area contributed by atoms with E-state index in [1.807, 2.05) is 22.2 Å². The first-order valence-corrected chi connectivity index (χ1v) is 11.3. The summed E-state index contributed by atoms with van der Waals surface area (Å²) in [7, 11) is 0.